The van der Waals surface area contributed by atoms with Crippen molar-refractivity contribution in [3.05, 3.63) is 114 Å². The first-order valence-electron chi connectivity index (χ1n) is 10.0. The fraction of sp³-hybridized carbons (Fsp3) is 0.120. The highest BCUT2D eigenvalue weighted by Gasteiger charge is 2.41. The molecule has 2 atom stereocenters. The minimum Gasteiger partial charge on any atom is -0.351 e. The van der Waals surface area contributed by atoms with Crippen molar-refractivity contribution >= 4 is 23.0 Å². The Balaban J connectivity index is 1.61. The highest BCUT2D eigenvalue weighted by Crippen LogP contribution is 2.41. The quantitative estimate of drug-likeness (QED) is 0.459. The van der Waals surface area contributed by atoms with Gasteiger partial charge in [0.15, 0.2) is 5.11 Å². The van der Waals surface area contributed by atoms with E-state index in [-0.39, 0.29) is 12.1 Å². The van der Waals surface area contributed by atoms with Gasteiger partial charge in [-0.3, -0.25) is 4.98 Å². The monoisotopic (exact) mass is 410 g/mol. The molecule has 1 aliphatic rings. The van der Waals surface area contributed by atoms with Crippen LogP contribution >= 0.6 is 12.2 Å². The van der Waals surface area contributed by atoms with E-state index in [0.717, 1.165) is 17.1 Å². The molecule has 4 nitrogen and oxygen atoms in total. The number of benzene rings is 2. The van der Waals surface area contributed by atoms with E-state index in [0.29, 0.717) is 5.11 Å². The predicted octanol–water partition coefficient (Wildman–Crippen LogP) is 5.36. The molecule has 2 aromatic carbocycles. The highest BCUT2D eigenvalue weighted by molar-refractivity contribution is 7.80. The van der Waals surface area contributed by atoms with Crippen molar-refractivity contribution in [3.63, 3.8) is 0 Å². The van der Waals surface area contributed by atoms with Gasteiger partial charge in [-0.2, -0.15) is 0 Å². The molecule has 30 heavy (non-hydrogen) atoms. The van der Waals surface area contributed by atoms with Crippen LogP contribution in [0.2, 0.25) is 0 Å². The number of pyridine rings is 1. The molecule has 0 unspecified atom stereocenters. The molecular weight excluding hydrogens is 388 g/mol. The predicted molar refractivity (Wildman–Crippen MR) is 125 cm³/mol. The summed E-state index contributed by atoms with van der Waals surface area (Å²) < 4.78 is 2.15. The second-order valence-electron chi connectivity index (χ2n) is 7.52. The van der Waals surface area contributed by atoms with Crippen LogP contribution in [0.25, 0.3) is 5.69 Å². The maximum Gasteiger partial charge on any atom is 0.174 e. The maximum atomic E-state index is 5.80. The molecule has 0 radical (unpaired) electrons. The summed E-state index contributed by atoms with van der Waals surface area (Å²) in [4.78, 5) is 6.84. The van der Waals surface area contributed by atoms with Crippen LogP contribution in [0, 0.1) is 6.92 Å². The van der Waals surface area contributed by atoms with Gasteiger partial charge in [-0.15, -0.1) is 0 Å². The Labute approximate surface area is 181 Å². The van der Waals surface area contributed by atoms with Crippen molar-refractivity contribution in [3.8, 4) is 5.69 Å². The number of nitrogens with zero attached hydrogens (tertiary/aromatic N) is 3. The zero-order valence-electron chi connectivity index (χ0n) is 16.6. The minimum absolute atomic E-state index is 0.000776. The lowest BCUT2D eigenvalue weighted by molar-refractivity contribution is 0.568. The lowest BCUT2D eigenvalue weighted by atomic mass is 9.98. The fourth-order valence-corrected chi connectivity index (χ4v) is 4.44. The minimum atomic E-state index is -0.0363. The molecule has 148 valence electrons. The van der Waals surface area contributed by atoms with Crippen molar-refractivity contribution in [2.75, 3.05) is 4.90 Å². The number of anilines is 1. The third-order valence-corrected chi connectivity index (χ3v) is 5.80. The van der Waals surface area contributed by atoms with Gasteiger partial charge in [-0.25, -0.2) is 0 Å². The van der Waals surface area contributed by atoms with Gasteiger partial charge in [0, 0.05) is 30.0 Å². The highest BCUT2D eigenvalue weighted by atomic mass is 32.1. The van der Waals surface area contributed by atoms with Crippen LogP contribution < -0.4 is 10.2 Å². The Morgan fingerprint density at radius 2 is 1.70 bits per heavy atom. The van der Waals surface area contributed by atoms with Crippen LogP contribution in [0.1, 0.15) is 28.9 Å². The number of nitrogens with one attached hydrogen (secondary N) is 1. The summed E-state index contributed by atoms with van der Waals surface area (Å²) in [5.41, 5.74) is 5.59. The molecule has 0 saturated carbocycles. The van der Waals surface area contributed by atoms with Crippen LogP contribution in [-0.4, -0.2) is 14.7 Å². The van der Waals surface area contributed by atoms with Crippen LogP contribution in [0.3, 0.4) is 0 Å². The van der Waals surface area contributed by atoms with E-state index in [1.165, 1.54) is 11.1 Å². The molecule has 0 amide bonds. The molecule has 2 aromatic heterocycles. The third-order valence-electron chi connectivity index (χ3n) is 5.49. The van der Waals surface area contributed by atoms with E-state index in [9.17, 15) is 0 Å². The summed E-state index contributed by atoms with van der Waals surface area (Å²) in [6, 6.07) is 27.0. The first-order chi connectivity index (χ1) is 14.7. The van der Waals surface area contributed by atoms with Crippen molar-refractivity contribution < 1.29 is 0 Å². The van der Waals surface area contributed by atoms with Gasteiger partial charge in [0.2, 0.25) is 0 Å². The fourth-order valence-electron chi connectivity index (χ4n) is 4.10. The number of rotatable bonds is 4. The summed E-state index contributed by atoms with van der Waals surface area (Å²) in [7, 11) is 0. The Kier molecular flexibility index (Phi) is 4.81. The second-order valence-corrected chi connectivity index (χ2v) is 7.91. The summed E-state index contributed by atoms with van der Waals surface area (Å²) >= 11 is 5.80. The molecule has 0 aliphatic carbocycles. The van der Waals surface area contributed by atoms with E-state index < -0.39 is 0 Å². The SMILES string of the molecule is Cc1cccc(N2C(=S)N[C@@H](c3ccccn3)[C@H]2c2ccn(-c3ccccc3)c2)c1. The lowest BCUT2D eigenvalue weighted by Crippen LogP contribution is -2.29. The first kappa shape index (κ1) is 18.6. The zero-order valence-corrected chi connectivity index (χ0v) is 17.5. The summed E-state index contributed by atoms with van der Waals surface area (Å²) in [6.45, 7) is 2.10. The van der Waals surface area contributed by atoms with Crippen molar-refractivity contribution in [2.24, 2.45) is 0 Å². The van der Waals surface area contributed by atoms with E-state index in [1.54, 1.807) is 0 Å². The molecule has 0 bridgehead atoms. The topological polar surface area (TPSA) is 33.1 Å². The van der Waals surface area contributed by atoms with Crippen molar-refractivity contribution in [1.29, 1.82) is 0 Å². The summed E-state index contributed by atoms with van der Waals surface area (Å²) in [6.07, 6.45) is 6.13. The summed E-state index contributed by atoms with van der Waals surface area (Å²) in [5, 5.41) is 4.24. The molecular formula is C25H22N4S. The molecule has 1 fully saturated rings. The van der Waals surface area contributed by atoms with Crippen LogP contribution in [-0.2, 0) is 0 Å². The van der Waals surface area contributed by atoms with Crippen molar-refractivity contribution in [1.82, 2.24) is 14.9 Å². The van der Waals surface area contributed by atoms with E-state index >= 15 is 0 Å². The largest absolute Gasteiger partial charge is 0.351 e. The second kappa shape index (κ2) is 7.76. The van der Waals surface area contributed by atoms with Crippen LogP contribution in [0.4, 0.5) is 5.69 Å². The molecule has 1 N–H and O–H groups in total. The Bertz CT molecular complexity index is 1170. The molecule has 5 rings (SSSR count). The van der Waals surface area contributed by atoms with Gasteiger partial charge < -0.3 is 14.8 Å². The van der Waals surface area contributed by atoms with E-state index in [2.05, 4.69) is 99.7 Å². The number of thiocarbonyl (C=S) groups is 1. The molecule has 3 heterocycles. The molecule has 0 spiro atoms. The average Bonchev–Trinajstić information content (AvgIpc) is 3.39. The molecule has 1 saturated heterocycles. The Morgan fingerprint density at radius 3 is 2.47 bits per heavy atom. The molecule has 5 heteroatoms. The number of hydrogen-bond donors (Lipinski definition) is 1. The number of aromatic nitrogens is 2. The van der Waals surface area contributed by atoms with Gasteiger partial charge in [-0.05, 0) is 72.7 Å². The van der Waals surface area contributed by atoms with Gasteiger partial charge >= 0.3 is 0 Å². The summed E-state index contributed by atoms with van der Waals surface area (Å²) in [5.74, 6) is 0. The van der Waals surface area contributed by atoms with Crippen LogP contribution in [0.5, 0.6) is 0 Å². The van der Waals surface area contributed by atoms with Crippen LogP contribution in [0.15, 0.2) is 97.5 Å². The molecule has 1 aliphatic heterocycles. The van der Waals surface area contributed by atoms with Gasteiger partial charge in [0.05, 0.1) is 17.8 Å². The molecule has 4 aromatic rings. The van der Waals surface area contributed by atoms with E-state index in [4.69, 9.17) is 12.2 Å². The number of para-hydroxylation sites is 1. The maximum absolute atomic E-state index is 5.80. The number of hydrogen-bond acceptors (Lipinski definition) is 2. The number of aryl methyl sites for hydroxylation is 1. The standard InChI is InChI=1S/C25H22N4S/c1-18-8-7-11-21(16-18)29-24(23(27-25(29)30)22-12-5-6-14-26-22)19-13-15-28(17-19)20-9-3-2-4-10-20/h2-17,23-24H,1H3,(H,27,30)/t23-,24+/m0/s1. The average molecular weight is 411 g/mol. The lowest BCUT2D eigenvalue weighted by Gasteiger charge is -2.27. The first-order valence-corrected chi connectivity index (χ1v) is 10.4. The van der Waals surface area contributed by atoms with E-state index in [1.807, 2.05) is 24.4 Å². The normalized spacial score (nSPS) is 18.4. The Morgan fingerprint density at radius 1 is 0.900 bits per heavy atom. The smallest absolute Gasteiger partial charge is 0.174 e. The van der Waals surface area contributed by atoms with Gasteiger partial charge in [-0.1, -0.05) is 36.4 Å². The van der Waals surface area contributed by atoms with Crippen molar-refractivity contribution in [2.45, 2.75) is 19.0 Å². The Hall–Kier alpha value is -3.44. The van der Waals surface area contributed by atoms with Gasteiger partial charge in [0.1, 0.15) is 0 Å². The zero-order chi connectivity index (χ0) is 20.5. The van der Waals surface area contributed by atoms with Gasteiger partial charge in [0.25, 0.3) is 0 Å². The third kappa shape index (κ3) is 3.37.